The number of likely N-dealkylation sites (tertiary alicyclic amines) is 1. The molecule has 0 atom stereocenters. The minimum Gasteiger partial charge on any atom is -0.466 e. The Kier molecular flexibility index (Phi) is 7.53. The summed E-state index contributed by atoms with van der Waals surface area (Å²) in [6, 6.07) is 8.69. The number of nitrogens with zero attached hydrogens (tertiary/aromatic N) is 2. The molecule has 160 valence electrons. The molecule has 0 saturated carbocycles. The van der Waals surface area contributed by atoms with Gasteiger partial charge in [-0.05, 0) is 50.7 Å². The molecule has 0 bridgehead atoms. The zero-order chi connectivity index (χ0) is 20.7. The van der Waals surface area contributed by atoms with Crippen LogP contribution in [-0.4, -0.2) is 63.3 Å². The summed E-state index contributed by atoms with van der Waals surface area (Å²) in [7, 11) is 1.84. The minimum atomic E-state index is -0.0594. The van der Waals surface area contributed by atoms with Gasteiger partial charge in [0.05, 0.1) is 12.5 Å². The Morgan fingerprint density at radius 1 is 1.28 bits per heavy atom. The third-order valence-corrected chi connectivity index (χ3v) is 6.38. The summed E-state index contributed by atoms with van der Waals surface area (Å²) in [4.78, 5) is 18.8. The number of hydrogen-bond acceptors (Lipinski definition) is 4. The molecule has 6 heteroatoms. The van der Waals surface area contributed by atoms with Crippen LogP contribution in [0.3, 0.4) is 0 Å². The van der Waals surface area contributed by atoms with Crippen molar-refractivity contribution in [2.75, 3.05) is 46.5 Å². The molecule has 0 radical (unpaired) electrons. The third-order valence-electron chi connectivity index (χ3n) is 6.38. The first-order chi connectivity index (χ1) is 14.1. The predicted octanol–water partition coefficient (Wildman–Crippen LogP) is 2.89. The lowest BCUT2D eigenvalue weighted by Gasteiger charge is -2.40. The summed E-state index contributed by atoms with van der Waals surface area (Å²) in [5.74, 6) is 0.876. The summed E-state index contributed by atoms with van der Waals surface area (Å²) < 4.78 is 10.9. The van der Waals surface area contributed by atoms with Crippen LogP contribution in [0.25, 0.3) is 0 Å². The maximum Gasteiger partial charge on any atom is 0.309 e. The number of aryl methyl sites for hydroxylation is 1. The molecule has 2 fully saturated rings. The zero-order valence-electron chi connectivity index (χ0n) is 18.1. The van der Waals surface area contributed by atoms with Crippen molar-refractivity contribution >= 4 is 11.9 Å². The molecule has 29 heavy (non-hydrogen) atoms. The molecule has 0 unspecified atom stereocenters. The number of aliphatic imine (C=N–C) groups is 1. The molecule has 2 heterocycles. The van der Waals surface area contributed by atoms with Crippen LogP contribution in [0, 0.1) is 12.8 Å². The Hall–Kier alpha value is -2.08. The van der Waals surface area contributed by atoms with Crippen LogP contribution in [0.1, 0.15) is 43.7 Å². The van der Waals surface area contributed by atoms with Crippen LogP contribution in [0.2, 0.25) is 0 Å². The molecular formula is C23H35N3O3. The maximum absolute atomic E-state index is 12.0. The number of ether oxygens (including phenoxy) is 2. The van der Waals surface area contributed by atoms with Gasteiger partial charge in [0, 0.05) is 45.3 Å². The van der Waals surface area contributed by atoms with E-state index >= 15 is 0 Å². The second kappa shape index (κ2) is 10.1. The monoisotopic (exact) mass is 401 g/mol. The lowest BCUT2D eigenvalue weighted by molar-refractivity contribution is -0.149. The number of carbonyl (C=O) groups is 1. The van der Waals surface area contributed by atoms with Crippen LogP contribution >= 0.6 is 0 Å². The highest BCUT2D eigenvalue weighted by molar-refractivity contribution is 5.80. The summed E-state index contributed by atoms with van der Waals surface area (Å²) in [5, 5.41) is 3.65. The van der Waals surface area contributed by atoms with E-state index in [9.17, 15) is 4.79 Å². The van der Waals surface area contributed by atoms with Crippen molar-refractivity contribution < 1.29 is 14.3 Å². The van der Waals surface area contributed by atoms with Crippen molar-refractivity contribution in [3.8, 4) is 0 Å². The van der Waals surface area contributed by atoms with Crippen LogP contribution in [0.5, 0.6) is 0 Å². The molecule has 0 aromatic heterocycles. The summed E-state index contributed by atoms with van der Waals surface area (Å²) in [6.45, 7) is 8.58. The van der Waals surface area contributed by atoms with Gasteiger partial charge in [0.2, 0.25) is 0 Å². The van der Waals surface area contributed by atoms with Gasteiger partial charge in [-0.25, -0.2) is 0 Å². The number of rotatable bonds is 5. The zero-order valence-corrected chi connectivity index (χ0v) is 18.1. The van der Waals surface area contributed by atoms with Gasteiger partial charge in [-0.3, -0.25) is 9.79 Å². The molecule has 1 N–H and O–H groups in total. The molecule has 6 nitrogen and oxygen atoms in total. The van der Waals surface area contributed by atoms with Gasteiger partial charge in [0.25, 0.3) is 0 Å². The van der Waals surface area contributed by atoms with Gasteiger partial charge in [-0.1, -0.05) is 24.3 Å². The van der Waals surface area contributed by atoms with E-state index in [0.29, 0.717) is 6.61 Å². The fourth-order valence-corrected chi connectivity index (χ4v) is 4.64. The predicted molar refractivity (Wildman–Crippen MR) is 115 cm³/mol. The minimum absolute atomic E-state index is 0.0121. The molecule has 0 aliphatic carbocycles. The highest BCUT2D eigenvalue weighted by atomic mass is 16.5. The van der Waals surface area contributed by atoms with E-state index in [1.807, 2.05) is 14.0 Å². The highest BCUT2D eigenvalue weighted by Gasteiger charge is 2.36. The largest absolute Gasteiger partial charge is 0.466 e. The molecule has 2 aliphatic heterocycles. The number of nitrogens with one attached hydrogen (secondary N) is 1. The number of hydrogen-bond donors (Lipinski definition) is 1. The van der Waals surface area contributed by atoms with Crippen LogP contribution in [0.4, 0.5) is 0 Å². The van der Waals surface area contributed by atoms with Crippen LogP contribution < -0.4 is 5.32 Å². The first-order valence-electron chi connectivity index (χ1n) is 10.9. The fourth-order valence-electron chi connectivity index (χ4n) is 4.64. The van der Waals surface area contributed by atoms with Gasteiger partial charge in [-0.2, -0.15) is 0 Å². The van der Waals surface area contributed by atoms with E-state index in [4.69, 9.17) is 9.47 Å². The number of benzene rings is 1. The van der Waals surface area contributed by atoms with Crippen molar-refractivity contribution in [1.82, 2.24) is 10.2 Å². The van der Waals surface area contributed by atoms with Crippen molar-refractivity contribution in [1.29, 1.82) is 0 Å². The van der Waals surface area contributed by atoms with Crippen LogP contribution in [-0.2, 0) is 19.7 Å². The first kappa shape index (κ1) is 21.6. The number of guanidine groups is 1. The van der Waals surface area contributed by atoms with Crippen LogP contribution in [0.15, 0.2) is 29.3 Å². The standard InChI is InChI=1S/C23H35N3O3/c1-4-29-21(27)19-9-13-26(14-10-19)22(24-3)25-17-23(11-15-28-16-12-23)20-8-6-5-7-18(20)2/h5-8,19H,4,9-17H2,1-3H3,(H,24,25). The van der Waals surface area contributed by atoms with Crippen molar-refractivity contribution in [2.45, 2.75) is 44.9 Å². The molecule has 1 aromatic carbocycles. The average molecular weight is 402 g/mol. The number of carbonyl (C=O) groups excluding carboxylic acids is 1. The molecule has 1 aromatic rings. The van der Waals surface area contributed by atoms with E-state index in [1.165, 1.54) is 11.1 Å². The Labute approximate surface area is 174 Å². The maximum atomic E-state index is 12.0. The Balaban J connectivity index is 1.65. The van der Waals surface area contributed by atoms with E-state index in [1.54, 1.807) is 0 Å². The SMILES string of the molecule is CCOC(=O)C1CCN(C(=NC)NCC2(c3ccccc3C)CCOCC2)CC1. The van der Waals surface area contributed by atoms with Gasteiger partial charge in [0.1, 0.15) is 0 Å². The normalized spacial score (nSPS) is 20.4. The molecule has 0 amide bonds. The van der Waals surface area contributed by atoms with E-state index < -0.39 is 0 Å². The van der Waals surface area contributed by atoms with Crippen molar-refractivity contribution in [3.05, 3.63) is 35.4 Å². The number of esters is 1. The van der Waals surface area contributed by atoms with Gasteiger partial charge >= 0.3 is 5.97 Å². The van der Waals surface area contributed by atoms with Gasteiger partial charge < -0.3 is 19.7 Å². The van der Waals surface area contributed by atoms with Crippen molar-refractivity contribution in [2.24, 2.45) is 10.9 Å². The lowest BCUT2D eigenvalue weighted by Crippen LogP contribution is -2.51. The molecule has 2 saturated heterocycles. The summed E-state index contributed by atoms with van der Waals surface area (Å²) >= 11 is 0. The van der Waals surface area contributed by atoms with E-state index in [2.05, 4.69) is 46.4 Å². The Morgan fingerprint density at radius 3 is 2.59 bits per heavy atom. The smallest absolute Gasteiger partial charge is 0.309 e. The van der Waals surface area contributed by atoms with E-state index in [-0.39, 0.29) is 17.3 Å². The quantitative estimate of drug-likeness (QED) is 0.467. The van der Waals surface area contributed by atoms with Gasteiger partial charge in [-0.15, -0.1) is 0 Å². The fraction of sp³-hybridized carbons (Fsp3) is 0.652. The molecule has 2 aliphatic rings. The molecular weight excluding hydrogens is 366 g/mol. The summed E-state index contributed by atoms with van der Waals surface area (Å²) in [6.07, 6.45) is 3.65. The summed E-state index contributed by atoms with van der Waals surface area (Å²) in [5.41, 5.74) is 2.80. The Morgan fingerprint density at radius 2 is 1.97 bits per heavy atom. The first-order valence-corrected chi connectivity index (χ1v) is 10.9. The topological polar surface area (TPSA) is 63.2 Å². The molecule has 3 rings (SSSR count). The highest BCUT2D eigenvalue weighted by Crippen LogP contribution is 2.36. The third kappa shape index (κ3) is 5.10. The second-order valence-corrected chi connectivity index (χ2v) is 8.12. The number of piperidine rings is 1. The van der Waals surface area contributed by atoms with E-state index in [0.717, 1.165) is 64.5 Å². The second-order valence-electron chi connectivity index (χ2n) is 8.12. The van der Waals surface area contributed by atoms with Crippen molar-refractivity contribution in [3.63, 3.8) is 0 Å². The molecule has 0 spiro atoms. The average Bonchev–Trinajstić information content (AvgIpc) is 2.76. The lowest BCUT2D eigenvalue weighted by atomic mass is 9.72. The van der Waals surface area contributed by atoms with Gasteiger partial charge in [0.15, 0.2) is 5.96 Å². The Bertz CT molecular complexity index is 705.